The molecule has 2 aromatic rings. The highest BCUT2D eigenvalue weighted by Gasteiger charge is 2.15. The Morgan fingerprint density at radius 3 is 2.76 bits per heavy atom. The van der Waals surface area contributed by atoms with Gasteiger partial charge in [0.05, 0.1) is 31.5 Å². The van der Waals surface area contributed by atoms with Crippen LogP contribution in [0.3, 0.4) is 0 Å². The predicted molar refractivity (Wildman–Crippen MR) is 79.0 cm³/mol. The van der Waals surface area contributed by atoms with Crippen LogP contribution in [0.2, 0.25) is 0 Å². The summed E-state index contributed by atoms with van der Waals surface area (Å²) in [6.07, 6.45) is 0.342. The number of H-pyrrole nitrogens is 1. The van der Waals surface area contributed by atoms with Crippen LogP contribution >= 0.6 is 0 Å². The summed E-state index contributed by atoms with van der Waals surface area (Å²) in [5.74, 6) is 0.585. The fourth-order valence-corrected chi connectivity index (χ4v) is 2.11. The third-order valence-corrected chi connectivity index (χ3v) is 3.42. The van der Waals surface area contributed by atoms with E-state index in [1.807, 2.05) is 26.0 Å². The molecule has 1 amide bonds. The summed E-state index contributed by atoms with van der Waals surface area (Å²) in [5, 5.41) is 7.01. The molecule has 0 aromatic carbocycles. The van der Waals surface area contributed by atoms with Crippen molar-refractivity contribution in [1.29, 1.82) is 0 Å². The van der Waals surface area contributed by atoms with Gasteiger partial charge in [-0.2, -0.15) is 5.10 Å². The fraction of sp³-hybridized carbons (Fsp3) is 0.400. The average molecular weight is 288 g/mol. The third-order valence-electron chi connectivity index (χ3n) is 3.42. The normalized spacial score (nSPS) is 10.5. The van der Waals surface area contributed by atoms with Gasteiger partial charge in [0.1, 0.15) is 0 Å². The number of ether oxygens (including phenoxy) is 1. The van der Waals surface area contributed by atoms with E-state index in [1.54, 1.807) is 25.1 Å². The number of hydrogen-bond donors (Lipinski definition) is 1. The third kappa shape index (κ3) is 3.59. The molecule has 112 valence electrons. The predicted octanol–water partition coefficient (Wildman–Crippen LogP) is 1.63. The quantitative estimate of drug-likeness (QED) is 0.907. The monoisotopic (exact) mass is 288 g/mol. The van der Waals surface area contributed by atoms with E-state index < -0.39 is 0 Å². The summed E-state index contributed by atoms with van der Waals surface area (Å²) in [5.41, 5.74) is 3.57. The molecular formula is C15H20N4O2. The molecule has 0 spiro atoms. The number of methoxy groups -OCH3 is 1. The van der Waals surface area contributed by atoms with Gasteiger partial charge in [0.2, 0.25) is 11.8 Å². The number of rotatable bonds is 5. The minimum Gasteiger partial charge on any atom is -0.481 e. The second kappa shape index (κ2) is 6.39. The molecule has 6 nitrogen and oxygen atoms in total. The molecule has 2 aromatic heterocycles. The summed E-state index contributed by atoms with van der Waals surface area (Å²) in [4.78, 5) is 18.3. The van der Waals surface area contributed by atoms with Crippen molar-refractivity contribution in [2.45, 2.75) is 26.8 Å². The number of nitrogens with one attached hydrogen (secondary N) is 1. The van der Waals surface area contributed by atoms with E-state index >= 15 is 0 Å². The Kier molecular flexibility index (Phi) is 4.57. The molecule has 2 heterocycles. The lowest BCUT2D eigenvalue weighted by Crippen LogP contribution is -2.28. The standard InChI is InChI=1S/C15H20N4O2/c1-10-13(11(2)18-17-10)8-15(20)19(3)9-12-6-5-7-14(16-12)21-4/h5-7H,8-9H2,1-4H3,(H,17,18). The largest absolute Gasteiger partial charge is 0.481 e. The number of likely N-dealkylation sites (N-methyl/N-ethyl adjacent to an activating group) is 1. The fourth-order valence-electron chi connectivity index (χ4n) is 2.11. The first-order valence-corrected chi connectivity index (χ1v) is 6.75. The minimum atomic E-state index is 0.0345. The van der Waals surface area contributed by atoms with E-state index in [-0.39, 0.29) is 5.91 Å². The lowest BCUT2D eigenvalue weighted by atomic mass is 10.1. The van der Waals surface area contributed by atoms with E-state index in [9.17, 15) is 4.79 Å². The minimum absolute atomic E-state index is 0.0345. The molecular weight excluding hydrogens is 268 g/mol. The second-order valence-corrected chi connectivity index (χ2v) is 5.01. The molecule has 0 saturated heterocycles. The van der Waals surface area contributed by atoms with Crippen LogP contribution in [0.5, 0.6) is 5.88 Å². The Labute approximate surface area is 124 Å². The molecule has 0 radical (unpaired) electrons. The van der Waals surface area contributed by atoms with E-state index in [1.165, 1.54) is 0 Å². The van der Waals surface area contributed by atoms with Gasteiger partial charge in [-0.15, -0.1) is 0 Å². The van der Waals surface area contributed by atoms with Crippen LogP contribution < -0.4 is 4.74 Å². The van der Waals surface area contributed by atoms with Gasteiger partial charge in [-0.05, 0) is 19.9 Å². The first-order valence-electron chi connectivity index (χ1n) is 6.75. The first-order chi connectivity index (χ1) is 10.0. The Hall–Kier alpha value is -2.37. The number of nitrogens with zero attached hydrogens (tertiary/aromatic N) is 3. The molecule has 1 N–H and O–H groups in total. The van der Waals surface area contributed by atoms with Crippen LogP contribution in [0.4, 0.5) is 0 Å². The number of pyridine rings is 1. The Morgan fingerprint density at radius 2 is 2.14 bits per heavy atom. The molecule has 0 atom stereocenters. The molecule has 0 aliphatic rings. The van der Waals surface area contributed by atoms with Crippen LogP contribution in [0.15, 0.2) is 18.2 Å². The summed E-state index contributed by atoms with van der Waals surface area (Å²) < 4.78 is 5.09. The molecule has 0 bridgehead atoms. The van der Waals surface area contributed by atoms with Gasteiger partial charge in [0.15, 0.2) is 0 Å². The Bertz CT molecular complexity index is 617. The van der Waals surface area contributed by atoms with Gasteiger partial charge in [-0.25, -0.2) is 4.98 Å². The smallest absolute Gasteiger partial charge is 0.227 e. The molecule has 0 saturated carbocycles. The molecule has 0 unspecified atom stereocenters. The topological polar surface area (TPSA) is 71.1 Å². The van der Waals surface area contributed by atoms with E-state index in [2.05, 4.69) is 15.2 Å². The van der Waals surface area contributed by atoms with Crippen molar-refractivity contribution >= 4 is 5.91 Å². The Morgan fingerprint density at radius 1 is 1.38 bits per heavy atom. The highest BCUT2D eigenvalue weighted by molar-refractivity contribution is 5.79. The maximum absolute atomic E-state index is 12.3. The highest BCUT2D eigenvalue weighted by Crippen LogP contribution is 2.13. The van der Waals surface area contributed by atoms with Crippen LogP contribution in [0, 0.1) is 13.8 Å². The molecule has 2 rings (SSSR count). The molecule has 6 heteroatoms. The molecule has 0 aliphatic carbocycles. The second-order valence-electron chi connectivity index (χ2n) is 5.01. The SMILES string of the molecule is COc1cccc(CN(C)C(=O)Cc2c(C)n[nH]c2C)n1. The number of aromatic nitrogens is 3. The molecule has 21 heavy (non-hydrogen) atoms. The zero-order valence-electron chi connectivity index (χ0n) is 12.8. The van der Waals surface area contributed by atoms with Crippen molar-refractivity contribution in [3.8, 4) is 5.88 Å². The van der Waals surface area contributed by atoms with Crippen LogP contribution in [-0.4, -0.2) is 40.1 Å². The summed E-state index contributed by atoms with van der Waals surface area (Å²) in [6, 6.07) is 5.52. The van der Waals surface area contributed by atoms with E-state index in [0.717, 1.165) is 22.6 Å². The molecule has 0 fully saturated rings. The van der Waals surface area contributed by atoms with Gasteiger partial charge in [-0.1, -0.05) is 6.07 Å². The number of aromatic amines is 1. The van der Waals surface area contributed by atoms with E-state index in [4.69, 9.17) is 4.74 Å². The Balaban J connectivity index is 2.02. The van der Waals surface area contributed by atoms with Crippen molar-refractivity contribution < 1.29 is 9.53 Å². The summed E-state index contributed by atoms with van der Waals surface area (Å²) in [6.45, 7) is 4.27. The van der Waals surface area contributed by atoms with Gasteiger partial charge >= 0.3 is 0 Å². The maximum Gasteiger partial charge on any atom is 0.227 e. The van der Waals surface area contributed by atoms with Gasteiger partial charge < -0.3 is 9.64 Å². The average Bonchev–Trinajstić information content (AvgIpc) is 2.79. The lowest BCUT2D eigenvalue weighted by Gasteiger charge is -2.17. The molecule has 0 aliphatic heterocycles. The van der Waals surface area contributed by atoms with Crippen LogP contribution in [0.1, 0.15) is 22.6 Å². The van der Waals surface area contributed by atoms with Crippen LogP contribution in [0.25, 0.3) is 0 Å². The summed E-state index contributed by atoms with van der Waals surface area (Å²) in [7, 11) is 3.35. The van der Waals surface area contributed by atoms with Crippen molar-refractivity contribution in [3.05, 3.63) is 40.8 Å². The van der Waals surface area contributed by atoms with Gasteiger partial charge in [-0.3, -0.25) is 9.89 Å². The van der Waals surface area contributed by atoms with Crippen LogP contribution in [-0.2, 0) is 17.8 Å². The number of hydrogen-bond acceptors (Lipinski definition) is 4. The number of aryl methyl sites for hydroxylation is 2. The van der Waals surface area contributed by atoms with Crippen molar-refractivity contribution in [2.75, 3.05) is 14.2 Å². The lowest BCUT2D eigenvalue weighted by molar-refractivity contribution is -0.129. The van der Waals surface area contributed by atoms with Gasteiger partial charge in [0.25, 0.3) is 0 Å². The number of carbonyl (C=O) groups is 1. The van der Waals surface area contributed by atoms with E-state index in [0.29, 0.717) is 18.8 Å². The van der Waals surface area contributed by atoms with Crippen molar-refractivity contribution in [1.82, 2.24) is 20.1 Å². The zero-order valence-corrected chi connectivity index (χ0v) is 12.8. The van der Waals surface area contributed by atoms with Crippen molar-refractivity contribution in [2.24, 2.45) is 0 Å². The van der Waals surface area contributed by atoms with Crippen molar-refractivity contribution in [3.63, 3.8) is 0 Å². The first kappa shape index (κ1) is 15.0. The number of amides is 1. The number of carbonyl (C=O) groups excluding carboxylic acids is 1. The maximum atomic E-state index is 12.3. The van der Waals surface area contributed by atoms with Gasteiger partial charge in [0, 0.05) is 24.4 Å². The summed E-state index contributed by atoms with van der Waals surface area (Å²) >= 11 is 0. The highest BCUT2D eigenvalue weighted by atomic mass is 16.5. The zero-order chi connectivity index (χ0) is 15.4.